The van der Waals surface area contributed by atoms with Gasteiger partial charge >= 0.3 is 12.0 Å². The number of amides is 3. The number of primary amides is 1. The molecule has 14 heteroatoms. The smallest absolute Gasteiger partial charge is 0.323 e. The predicted octanol–water partition coefficient (Wildman–Crippen LogP) is 2.16. The highest BCUT2D eigenvalue weighted by molar-refractivity contribution is 6.32. The summed E-state index contributed by atoms with van der Waals surface area (Å²) < 4.78 is 5.81. The Morgan fingerprint density at radius 1 is 0.940 bits per heavy atom. The van der Waals surface area contributed by atoms with E-state index in [1.807, 2.05) is 30.3 Å². The summed E-state index contributed by atoms with van der Waals surface area (Å²) in [6, 6.07) is 13.3. The summed E-state index contributed by atoms with van der Waals surface area (Å²) in [5.74, 6) is -15.4. The van der Waals surface area contributed by atoms with E-state index in [1.165, 1.54) is 38.1 Å². The number of nitrogens with one attached hydrogen (secondary N) is 2. The lowest BCUT2D eigenvalue weighted by molar-refractivity contribution is -0.205. The third-order valence-electron chi connectivity index (χ3n) is 10.3. The number of Topliss-reactive ketones (excluding diaryl/α,β-unsaturated/α-hetero) is 4. The summed E-state index contributed by atoms with van der Waals surface area (Å²) in [5.41, 5.74) is 2.50. The van der Waals surface area contributed by atoms with Crippen molar-refractivity contribution in [1.82, 2.24) is 4.90 Å². The molecule has 3 aliphatic carbocycles. The lowest BCUT2D eigenvalue weighted by Crippen LogP contribution is -2.78. The number of aromatic hydroxyl groups is 1. The molecule has 0 spiro atoms. The Balaban J connectivity index is 1.43. The van der Waals surface area contributed by atoms with Crippen LogP contribution in [0.1, 0.15) is 42.1 Å². The SMILES string of the molecule is CCC(=O)OC1C2C(C(=O)c3c(ccc(NC(=O)Nc4cccc5ccccc45)c3O)C2C)C(=O)C2(O)C(=O)C(C(N)=O)C(=O)C(N(C)C)C12. The van der Waals surface area contributed by atoms with E-state index in [2.05, 4.69) is 10.6 Å². The van der Waals surface area contributed by atoms with Gasteiger partial charge in [0, 0.05) is 17.7 Å². The molecular weight excluding hydrogens is 648 g/mol. The van der Waals surface area contributed by atoms with E-state index in [9.17, 15) is 43.8 Å². The molecule has 0 aliphatic heterocycles. The van der Waals surface area contributed by atoms with Gasteiger partial charge in [0.05, 0.1) is 34.8 Å². The van der Waals surface area contributed by atoms with Crippen molar-refractivity contribution in [3.05, 3.63) is 65.7 Å². The Morgan fingerprint density at radius 3 is 2.26 bits per heavy atom. The molecule has 3 aliphatic rings. The maximum absolute atomic E-state index is 14.4. The van der Waals surface area contributed by atoms with Crippen molar-refractivity contribution in [3.63, 3.8) is 0 Å². The molecule has 0 radical (unpaired) electrons. The minimum atomic E-state index is -3.14. The van der Waals surface area contributed by atoms with Crippen LogP contribution < -0.4 is 16.4 Å². The van der Waals surface area contributed by atoms with E-state index in [4.69, 9.17) is 10.5 Å². The van der Waals surface area contributed by atoms with Gasteiger partial charge < -0.3 is 31.3 Å². The van der Waals surface area contributed by atoms with Crippen LogP contribution in [0.3, 0.4) is 0 Å². The minimum absolute atomic E-state index is 0.152. The van der Waals surface area contributed by atoms with Crippen molar-refractivity contribution in [3.8, 4) is 5.75 Å². The van der Waals surface area contributed by atoms with Crippen LogP contribution in [0, 0.1) is 23.7 Å². The highest BCUT2D eigenvalue weighted by Gasteiger charge is 2.74. The van der Waals surface area contributed by atoms with Gasteiger partial charge in [-0.15, -0.1) is 0 Å². The molecule has 6 rings (SSSR count). The number of likely N-dealkylation sites (N-methyl/N-ethyl adjacent to an activating group) is 1. The summed E-state index contributed by atoms with van der Waals surface area (Å²) in [6.07, 6.45) is -1.69. The van der Waals surface area contributed by atoms with Gasteiger partial charge in [0.1, 0.15) is 11.9 Å². The number of rotatable bonds is 6. The van der Waals surface area contributed by atoms with Crippen LogP contribution in [0.2, 0.25) is 0 Å². The third kappa shape index (κ3) is 5.05. The molecule has 0 saturated heterocycles. The lowest BCUT2D eigenvalue weighted by atomic mass is 9.49. The van der Waals surface area contributed by atoms with Gasteiger partial charge in [-0.2, -0.15) is 0 Å². The second-order valence-electron chi connectivity index (χ2n) is 13.2. The summed E-state index contributed by atoms with van der Waals surface area (Å²) in [5, 5.41) is 30.5. The Bertz CT molecular complexity index is 2000. The lowest BCUT2D eigenvalue weighted by Gasteiger charge is -2.56. The quantitative estimate of drug-likeness (QED) is 0.144. The summed E-state index contributed by atoms with van der Waals surface area (Å²) in [6.45, 7) is 3.12. The van der Waals surface area contributed by atoms with Crippen LogP contribution in [-0.4, -0.2) is 88.0 Å². The molecule has 260 valence electrons. The highest BCUT2D eigenvalue weighted by Crippen LogP contribution is 2.56. The first kappa shape index (κ1) is 34.4. The first-order chi connectivity index (χ1) is 23.6. The maximum atomic E-state index is 14.4. The van der Waals surface area contributed by atoms with Gasteiger partial charge in [-0.1, -0.05) is 56.3 Å². The number of carbonyl (C=O) groups excluding carboxylic acids is 7. The Morgan fingerprint density at radius 2 is 1.60 bits per heavy atom. The van der Waals surface area contributed by atoms with Crippen molar-refractivity contribution in [1.29, 1.82) is 0 Å². The number of carbonyl (C=O) groups is 7. The van der Waals surface area contributed by atoms with Crippen LogP contribution in [0.5, 0.6) is 5.75 Å². The number of anilines is 2. The van der Waals surface area contributed by atoms with Crippen molar-refractivity contribution < 1.29 is 48.5 Å². The standard InChI is InChI=1S/C36H36N4O10/c1-5-21(41)50-31-22-15(2)17-13-14-20(39-35(48)38-19-12-8-10-16-9-6-7-11-18(16)19)28(42)23(17)29(43)24(22)32(45)36(49)26(31)27(40(3)4)30(44)25(33(36)46)34(37)47/h6-15,22,24-27,31,42,49H,5H2,1-4H3,(H2,37,47)(H2,38,39,48). The molecule has 2 fully saturated rings. The molecule has 14 nitrogen and oxygen atoms in total. The second-order valence-corrected chi connectivity index (χ2v) is 13.2. The number of fused-ring (bicyclic) bond motifs is 4. The fourth-order valence-electron chi connectivity index (χ4n) is 8.05. The van der Waals surface area contributed by atoms with Crippen molar-refractivity contribution in [2.45, 2.75) is 43.9 Å². The molecular formula is C36H36N4O10. The number of hydrogen-bond donors (Lipinski definition) is 5. The van der Waals surface area contributed by atoms with Crippen molar-refractivity contribution >= 4 is 63.2 Å². The average molecular weight is 685 g/mol. The Labute approximate surface area is 285 Å². The number of phenols is 1. The molecule has 0 aromatic heterocycles. The average Bonchev–Trinajstić information content (AvgIpc) is 3.06. The number of benzene rings is 3. The molecule has 3 aromatic carbocycles. The van der Waals surface area contributed by atoms with E-state index in [0.29, 0.717) is 5.69 Å². The van der Waals surface area contributed by atoms with Crippen LogP contribution in [0.4, 0.5) is 16.2 Å². The normalized spacial score (nSPS) is 28.8. The number of hydrogen-bond acceptors (Lipinski definition) is 11. The molecule has 0 heterocycles. The van der Waals surface area contributed by atoms with Crippen molar-refractivity contribution in [2.24, 2.45) is 29.4 Å². The Hall–Kier alpha value is -5.47. The first-order valence-electron chi connectivity index (χ1n) is 16.1. The number of urea groups is 1. The summed E-state index contributed by atoms with van der Waals surface area (Å²) >= 11 is 0. The van der Waals surface area contributed by atoms with Crippen LogP contribution in [0.15, 0.2) is 54.6 Å². The van der Waals surface area contributed by atoms with Gasteiger partial charge in [0.25, 0.3) is 0 Å². The van der Waals surface area contributed by atoms with Gasteiger partial charge in [0.15, 0.2) is 34.7 Å². The molecule has 3 aromatic rings. The van der Waals surface area contributed by atoms with Crippen LogP contribution in [-0.2, 0) is 28.7 Å². The number of nitrogens with two attached hydrogens (primary N) is 1. The number of ketones is 4. The zero-order chi connectivity index (χ0) is 36.4. The second kappa shape index (κ2) is 12.4. The molecule has 3 amide bonds. The maximum Gasteiger partial charge on any atom is 0.323 e. The van der Waals surface area contributed by atoms with E-state index in [-0.39, 0.29) is 23.2 Å². The van der Waals surface area contributed by atoms with Gasteiger partial charge in [-0.05, 0) is 43.1 Å². The summed E-state index contributed by atoms with van der Waals surface area (Å²) in [7, 11) is 2.86. The van der Waals surface area contributed by atoms with Crippen molar-refractivity contribution in [2.75, 3.05) is 24.7 Å². The predicted molar refractivity (Wildman–Crippen MR) is 178 cm³/mol. The fraction of sp³-hybridized carbons (Fsp3) is 0.361. The first-order valence-corrected chi connectivity index (χ1v) is 16.1. The van der Waals surface area contributed by atoms with Crippen LogP contribution >= 0.6 is 0 Å². The highest BCUT2D eigenvalue weighted by atomic mass is 16.5. The number of aliphatic hydroxyl groups is 1. The number of esters is 1. The number of nitrogens with zero attached hydrogens (tertiary/aromatic N) is 1. The molecule has 0 bridgehead atoms. The fourth-order valence-corrected chi connectivity index (χ4v) is 8.05. The zero-order valence-electron chi connectivity index (χ0n) is 27.6. The number of phenolic OH excluding ortho intramolecular Hbond substituents is 1. The van der Waals surface area contributed by atoms with Crippen LogP contribution in [0.25, 0.3) is 10.8 Å². The minimum Gasteiger partial charge on any atom is -0.505 e. The Kier molecular flexibility index (Phi) is 8.56. The topological polar surface area (TPSA) is 222 Å². The molecule has 50 heavy (non-hydrogen) atoms. The van der Waals surface area contributed by atoms with E-state index >= 15 is 0 Å². The molecule has 2 saturated carbocycles. The van der Waals surface area contributed by atoms with Gasteiger partial charge in [-0.25, -0.2) is 4.79 Å². The zero-order valence-corrected chi connectivity index (χ0v) is 27.6. The number of ether oxygens (including phenoxy) is 1. The third-order valence-corrected chi connectivity index (χ3v) is 10.3. The molecule has 6 N–H and O–H groups in total. The van der Waals surface area contributed by atoms with E-state index < -0.39 is 94.1 Å². The van der Waals surface area contributed by atoms with E-state index in [0.717, 1.165) is 10.8 Å². The molecule has 8 unspecified atom stereocenters. The largest absolute Gasteiger partial charge is 0.505 e. The van der Waals surface area contributed by atoms with E-state index in [1.54, 1.807) is 19.1 Å². The monoisotopic (exact) mass is 684 g/mol. The van der Waals surface area contributed by atoms with Gasteiger partial charge in [0.2, 0.25) is 5.91 Å². The molecule has 8 atom stereocenters. The van der Waals surface area contributed by atoms with Gasteiger partial charge in [-0.3, -0.25) is 33.7 Å². The summed E-state index contributed by atoms with van der Waals surface area (Å²) in [4.78, 5) is 95.9.